The SMILES string of the molecule is CCCNC1CC(c2ccc(CC(C)C)cc2)C1(C)CC. The molecule has 1 N–H and O–H groups in total. The van der Waals surface area contributed by atoms with Crippen molar-refractivity contribution in [2.24, 2.45) is 11.3 Å². The largest absolute Gasteiger partial charge is 0.313 e. The molecular formula is C20H33N. The van der Waals surface area contributed by atoms with E-state index in [1.807, 2.05) is 0 Å². The molecule has 0 aliphatic heterocycles. The van der Waals surface area contributed by atoms with Gasteiger partial charge < -0.3 is 5.32 Å². The number of benzene rings is 1. The summed E-state index contributed by atoms with van der Waals surface area (Å²) < 4.78 is 0. The average Bonchev–Trinajstić information content (AvgIpc) is 2.46. The van der Waals surface area contributed by atoms with E-state index in [1.165, 1.54) is 31.2 Å². The Kier molecular flexibility index (Phi) is 5.48. The molecule has 1 nitrogen and oxygen atoms in total. The highest BCUT2D eigenvalue weighted by atomic mass is 15.0. The Labute approximate surface area is 131 Å². The molecule has 0 aromatic heterocycles. The van der Waals surface area contributed by atoms with E-state index in [-0.39, 0.29) is 0 Å². The maximum atomic E-state index is 3.75. The standard InChI is InChI=1S/C20H33N/c1-6-12-21-19-14-18(20(19,5)7-2)17-10-8-16(9-11-17)13-15(3)4/h8-11,15,18-19,21H,6-7,12-14H2,1-5H3. The van der Waals surface area contributed by atoms with Gasteiger partial charge in [0.2, 0.25) is 0 Å². The fourth-order valence-electron chi connectivity index (χ4n) is 3.86. The van der Waals surface area contributed by atoms with Crippen LogP contribution in [0.5, 0.6) is 0 Å². The molecule has 0 heterocycles. The first-order valence-electron chi connectivity index (χ1n) is 8.83. The summed E-state index contributed by atoms with van der Waals surface area (Å²) >= 11 is 0. The second-order valence-electron chi connectivity index (χ2n) is 7.49. The molecule has 0 amide bonds. The molecule has 3 unspecified atom stereocenters. The Morgan fingerprint density at radius 3 is 2.38 bits per heavy atom. The Morgan fingerprint density at radius 2 is 1.86 bits per heavy atom. The van der Waals surface area contributed by atoms with Gasteiger partial charge in [0.05, 0.1) is 0 Å². The molecule has 0 saturated heterocycles. The summed E-state index contributed by atoms with van der Waals surface area (Å²) in [5.41, 5.74) is 3.45. The molecule has 1 aromatic carbocycles. The van der Waals surface area contributed by atoms with Gasteiger partial charge >= 0.3 is 0 Å². The van der Waals surface area contributed by atoms with Gasteiger partial charge in [0.1, 0.15) is 0 Å². The molecule has 1 heteroatoms. The summed E-state index contributed by atoms with van der Waals surface area (Å²) in [7, 11) is 0. The van der Waals surface area contributed by atoms with Crippen LogP contribution in [-0.2, 0) is 6.42 Å². The summed E-state index contributed by atoms with van der Waals surface area (Å²) in [5, 5.41) is 3.75. The van der Waals surface area contributed by atoms with Gasteiger partial charge in [-0.1, -0.05) is 58.9 Å². The van der Waals surface area contributed by atoms with E-state index >= 15 is 0 Å². The minimum absolute atomic E-state index is 0.425. The van der Waals surface area contributed by atoms with Crippen molar-refractivity contribution in [3.8, 4) is 0 Å². The smallest absolute Gasteiger partial charge is 0.0133 e. The third kappa shape index (κ3) is 3.51. The van der Waals surface area contributed by atoms with Crippen LogP contribution in [0.1, 0.15) is 70.9 Å². The number of rotatable bonds is 7. The van der Waals surface area contributed by atoms with E-state index in [0.717, 1.165) is 18.4 Å². The van der Waals surface area contributed by atoms with Crippen molar-refractivity contribution in [1.29, 1.82) is 0 Å². The van der Waals surface area contributed by atoms with Gasteiger partial charge in [0.25, 0.3) is 0 Å². The topological polar surface area (TPSA) is 12.0 Å². The first kappa shape index (κ1) is 16.5. The van der Waals surface area contributed by atoms with Crippen LogP contribution in [0.15, 0.2) is 24.3 Å². The maximum Gasteiger partial charge on any atom is 0.0133 e. The van der Waals surface area contributed by atoms with Gasteiger partial charge in [-0.05, 0) is 60.6 Å². The normalized spacial score (nSPS) is 28.7. The molecule has 1 aromatic rings. The Hall–Kier alpha value is -0.820. The lowest BCUT2D eigenvalue weighted by Crippen LogP contribution is -2.56. The van der Waals surface area contributed by atoms with Crippen LogP contribution in [0.3, 0.4) is 0 Å². The van der Waals surface area contributed by atoms with Crippen molar-refractivity contribution < 1.29 is 0 Å². The highest BCUT2D eigenvalue weighted by Gasteiger charge is 2.50. The van der Waals surface area contributed by atoms with Crippen LogP contribution in [-0.4, -0.2) is 12.6 Å². The van der Waals surface area contributed by atoms with E-state index in [0.29, 0.717) is 11.5 Å². The zero-order chi connectivity index (χ0) is 15.5. The van der Waals surface area contributed by atoms with Gasteiger partial charge in [-0.25, -0.2) is 0 Å². The third-order valence-corrected chi connectivity index (χ3v) is 5.49. The van der Waals surface area contributed by atoms with Gasteiger partial charge in [0, 0.05) is 6.04 Å². The molecule has 0 bridgehead atoms. The lowest BCUT2D eigenvalue weighted by molar-refractivity contribution is 0.0445. The number of nitrogens with one attached hydrogen (secondary N) is 1. The van der Waals surface area contributed by atoms with E-state index in [2.05, 4.69) is 64.2 Å². The predicted octanol–water partition coefficient (Wildman–Crippen LogP) is 5.16. The lowest BCUT2D eigenvalue weighted by atomic mass is 9.54. The first-order valence-corrected chi connectivity index (χ1v) is 8.83. The van der Waals surface area contributed by atoms with Gasteiger partial charge in [0.15, 0.2) is 0 Å². The summed E-state index contributed by atoms with van der Waals surface area (Å²) in [5.74, 6) is 1.47. The van der Waals surface area contributed by atoms with E-state index in [9.17, 15) is 0 Å². The molecule has 0 radical (unpaired) electrons. The Balaban J connectivity index is 2.05. The monoisotopic (exact) mass is 287 g/mol. The third-order valence-electron chi connectivity index (χ3n) is 5.49. The van der Waals surface area contributed by atoms with Crippen molar-refractivity contribution in [3.05, 3.63) is 35.4 Å². The van der Waals surface area contributed by atoms with Crippen molar-refractivity contribution in [2.75, 3.05) is 6.54 Å². The second-order valence-corrected chi connectivity index (χ2v) is 7.49. The number of hydrogen-bond donors (Lipinski definition) is 1. The highest BCUT2D eigenvalue weighted by molar-refractivity contribution is 5.31. The second kappa shape index (κ2) is 6.96. The van der Waals surface area contributed by atoms with Gasteiger partial charge in [-0.2, -0.15) is 0 Å². The summed E-state index contributed by atoms with van der Waals surface area (Å²) in [6.45, 7) is 12.8. The molecule has 3 atom stereocenters. The molecule has 1 aliphatic carbocycles. The Bertz CT molecular complexity index is 434. The molecule has 0 spiro atoms. The molecule has 21 heavy (non-hydrogen) atoms. The van der Waals surface area contributed by atoms with E-state index in [1.54, 1.807) is 5.56 Å². The zero-order valence-corrected chi connectivity index (χ0v) is 14.6. The zero-order valence-electron chi connectivity index (χ0n) is 14.6. The van der Waals surface area contributed by atoms with Crippen LogP contribution in [0.25, 0.3) is 0 Å². The van der Waals surface area contributed by atoms with Crippen molar-refractivity contribution in [2.45, 2.75) is 72.3 Å². The fourth-order valence-corrected chi connectivity index (χ4v) is 3.86. The van der Waals surface area contributed by atoms with Crippen LogP contribution < -0.4 is 5.32 Å². The molecular weight excluding hydrogens is 254 g/mol. The van der Waals surface area contributed by atoms with Crippen LogP contribution >= 0.6 is 0 Å². The molecule has 1 aliphatic rings. The van der Waals surface area contributed by atoms with Crippen LogP contribution in [0.4, 0.5) is 0 Å². The van der Waals surface area contributed by atoms with Crippen molar-refractivity contribution in [3.63, 3.8) is 0 Å². The highest BCUT2D eigenvalue weighted by Crippen LogP contribution is 2.54. The molecule has 1 saturated carbocycles. The predicted molar refractivity (Wildman–Crippen MR) is 92.8 cm³/mol. The lowest BCUT2D eigenvalue weighted by Gasteiger charge is -2.55. The van der Waals surface area contributed by atoms with Crippen molar-refractivity contribution in [1.82, 2.24) is 5.32 Å². The number of hydrogen-bond acceptors (Lipinski definition) is 1. The van der Waals surface area contributed by atoms with Gasteiger partial charge in [-0.3, -0.25) is 0 Å². The fraction of sp³-hybridized carbons (Fsp3) is 0.700. The van der Waals surface area contributed by atoms with E-state index in [4.69, 9.17) is 0 Å². The average molecular weight is 287 g/mol. The molecule has 1 fully saturated rings. The van der Waals surface area contributed by atoms with Gasteiger partial charge in [-0.15, -0.1) is 0 Å². The quantitative estimate of drug-likeness (QED) is 0.730. The molecule has 118 valence electrons. The van der Waals surface area contributed by atoms with Crippen molar-refractivity contribution >= 4 is 0 Å². The Morgan fingerprint density at radius 1 is 1.19 bits per heavy atom. The van der Waals surface area contributed by atoms with E-state index < -0.39 is 0 Å². The summed E-state index contributed by atoms with van der Waals surface area (Å²) in [6.07, 6.45) is 4.97. The maximum absolute atomic E-state index is 3.75. The van der Waals surface area contributed by atoms with Crippen LogP contribution in [0, 0.1) is 11.3 Å². The van der Waals surface area contributed by atoms with Crippen LogP contribution in [0.2, 0.25) is 0 Å². The molecule has 2 rings (SSSR count). The minimum atomic E-state index is 0.425. The minimum Gasteiger partial charge on any atom is -0.313 e. The summed E-state index contributed by atoms with van der Waals surface area (Å²) in [4.78, 5) is 0. The summed E-state index contributed by atoms with van der Waals surface area (Å²) in [6, 6.07) is 10.2. The first-order chi connectivity index (χ1) is 10.0.